The zero-order valence-corrected chi connectivity index (χ0v) is 14.7. The molecule has 1 saturated heterocycles. The molecule has 134 valence electrons. The largest absolute Gasteiger partial charge is 0.337 e. The van der Waals surface area contributed by atoms with Crippen molar-refractivity contribution in [3.05, 3.63) is 47.3 Å². The van der Waals surface area contributed by atoms with Crippen molar-refractivity contribution in [1.29, 1.82) is 0 Å². The summed E-state index contributed by atoms with van der Waals surface area (Å²) in [7, 11) is -3.67. The molecule has 0 bridgehead atoms. The summed E-state index contributed by atoms with van der Waals surface area (Å²) >= 11 is 0. The maximum absolute atomic E-state index is 12.4. The number of carbonyl (C=O) groups is 1. The average Bonchev–Trinajstić information content (AvgIpc) is 3.21. The normalized spacial score (nSPS) is 17.8. The van der Waals surface area contributed by atoms with Crippen LogP contribution in [-0.2, 0) is 16.6 Å². The van der Waals surface area contributed by atoms with E-state index in [4.69, 9.17) is 5.73 Å². The van der Waals surface area contributed by atoms with Crippen molar-refractivity contribution in [2.45, 2.75) is 30.8 Å². The Kier molecular flexibility index (Phi) is 4.89. The number of likely N-dealkylation sites (tertiary alicyclic amines) is 1. The first-order valence-corrected chi connectivity index (χ1v) is 9.49. The summed E-state index contributed by atoms with van der Waals surface area (Å²) in [6, 6.07) is 7.70. The summed E-state index contributed by atoms with van der Waals surface area (Å²) in [4.78, 5) is 14.2. The number of nitrogens with two attached hydrogens (primary N) is 1. The Hall–Kier alpha value is -2.23. The molecule has 1 amide bonds. The lowest BCUT2D eigenvalue weighted by atomic mass is 10.2. The molecule has 2 heterocycles. The molecule has 1 aliphatic rings. The first kappa shape index (κ1) is 17.6. The maximum Gasteiger partial charge on any atom is 0.253 e. The zero-order valence-electron chi connectivity index (χ0n) is 13.9. The minimum absolute atomic E-state index is 0.0125. The van der Waals surface area contributed by atoms with Crippen LogP contribution in [-0.4, -0.2) is 48.6 Å². The minimum atomic E-state index is -3.67. The van der Waals surface area contributed by atoms with Crippen LogP contribution in [0, 0.1) is 6.92 Å². The van der Waals surface area contributed by atoms with E-state index >= 15 is 0 Å². The monoisotopic (exact) mass is 363 g/mol. The summed E-state index contributed by atoms with van der Waals surface area (Å²) < 4.78 is 27.2. The van der Waals surface area contributed by atoms with Crippen molar-refractivity contribution >= 4 is 15.9 Å². The summed E-state index contributed by atoms with van der Waals surface area (Å²) in [6.07, 6.45) is 0.786. The Balaban J connectivity index is 1.67. The molecule has 8 nitrogen and oxygen atoms in total. The first-order valence-electron chi connectivity index (χ1n) is 8.00. The van der Waals surface area contributed by atoms with Gasteiger partial charge in [0, 0.05) is 30.4 Å². The van der Waals surface area contributed by atoms with Gasteiger partial charge >= 0.3 is 0 Å². The van der Waals surface area contributed by atoms with Crippen molar-refractivity contribution in [2.24, 2.45) is 5.73 Å². The number of rotatable bonds is 5. The third-order valence-corrected chi connectivity index (χ3v) is 5.54. The van der Waals surface area contributed by atoms with Gasteiger partial charge in [-0.3, -0.25) is 9.89 Å². The standard InChI is InChI=1S/C16H21N5O3S/c1-11-8-14(20-19-11)9-18-25(23,24)15-4-2-12(3-5-15)16(22)21-7-6-13(17)10-21/h2-5,8,13,18H,6-7,9-10,17H2,1H3,(H,19,20)/t13-/m0/s1. The Morgan fingerprint density at radius 3 is 2.68 bits per heavy atom. The van der Waals surface area contributed by atoms with Gasteiger partial charge in [-0.2, -0.15) is 5.10 Å². The third kappa shape index (κ3) is 4.06. The number of nitrogens with one attached hydrogen (secondary N) is 2. The number of sulfonamides is 1. The summed E-state index contributed by atoms with van der Waals surface area (Å²) in [6.45, 7) is 3.10. The van der Waals surface area contributed by atoms with E-state index in [-0.39, 0.29) is 23.4 Å². The molecule has 0 spiro atoms. The number of nitrogens with zero attached hydrogens (tertiary/aromatic N) is 2. The molecule has 1 atom stereocenters. The molecule has 3 rings (SSSR count). The lowest BCUT2D eigenvalue weighted by molar-refractivity contribution is 0.0791. The van der Waals surface area contributed by atoms with E-state index in [1.165, 1.54) is 24.3 Å². The molecular formula is C16H21N5O3S. The fraction of sp³-hybridized carbons (Fsp3) is 0.375. The summed E-state index contributed by atoms with van der Waals surface area (Å²) in [5, 5.41) is 6.75. The molecule has 1 aromatic carbocycles. The van der Waals surface area contributed by atoms with Crippen molar-refractivity contribution in [2.75, 3.05) is 13.1 Å². The van der Waals surface area contributed by atoms with Crippen LogP contribution in [0.3, 0.4) is 0 Å². The van der Waals surface area contributed by atoms with Crippen LogP contribution in [0.4, 0.5) is 0 Å². The van der Waals surface area contributed by atoms with Crippen LogP contribution >= 0.6 is 0 Å². The molecule has 1 aromatic heterocycles. The van der Waals surface area contributed by atoms with Crippen molar-refractivity contribution in [3.8, 4) is 0 Å². The number of aromatic amines is 1. The quantitative estimate of drug-likeness (QED) is 0.709. The molecule has 9 heteroatoms. The highest BCUT2D eigenvalue weighted by atomic mass is 32.2. The number of benzene rings is 1. The molecule has 0 aliphatic carbocycles. The van der Waals surface area contributed by atoms with Crippen LogP contribution in [0.5, 0.6) is 0 Å². The molecular weight excluding hydrogens is 342 g/mol. The molecule has 0 radical (unpaired) electrons. The number of amides is 1. The Morgan fingerprint density at radius 1 is 1.40 bits per heavy atom. The van der Waals surface area contributed by atoms with Crippen LogP contribution in [0.1, 0.15) is 28.2 Å². The van der Waals surface area contributed by atoms with Gasteiger partial charge in [0.25, 0.3) is 5.91 Å². The van der Waals surface area contributed by atoms with Gasteiger partial charge in [-0.05, 0) is 43.7 Å². The number of H-pyrrole nitrogens is 1. The van der Waals surface area contributed by atoms with E-state index in [2.05, 4.69) is 14.9 Å². The van der Waals surface area contributed by atoms with Gasteiger partial charge < -0.3 is 10.6 Å². The van der Waals surface area contributed by atoms with E-state index in [0.717, 1.165) is 12.1 Å². The minimum Gasteiger partial charge on any atom is -0.337 e. The van der Waals surface area contributed by atoms with Gasteiger partial charge in [-0.1, -0.05) is 0 Å². The van der Waals surface area contributed by atoms with E-state index < -0.39 is 10.0 Å². The molecule has 0 unspecified atom stereocenters. The van der Waals surface area contributed by atoms with E-state index in [9.17, 15) is 13.2 Å². The SMILES string of the molecule is Cc1cc(CNS(=O)(=O)c2ccc(C(=O)N3CC[C@H](N)C3)cc2)n[nH]1. The Labute approximate surface area is 146 Å². The average molecular weight is 363 g/mol. The second kappa shape index (κ2) is 6.95. The lowest BCUT2D eigenvalue weighted by Crippen LogP contribution is -2.31. The molecule has 1 fully saturated rings. The second-order valence-corrected chi connectivity index (χ2v) is 7.96. The molecule has 2 aromatic rings. The van der Waals surface area contributed by atoms with E-state index in [1.807, 2.05) is 6.92 Å². The summed E-state index contributed by atoms with van der Waals surface area (Å²) in [5.41, 5.74) is 7.74. The van der Waals surface area contributed by atoms with Crippen LogP contribution in [0.2, 0.25) is 0 Å². The van der Waals surface area contributed by atoms with Crippen LogP contribution in [0.25, 0.3) is 0 Å². The highest BCUT2D eigenvalue weighted by Crippen LogP contribution is 2.15. The number of hydrogen-bond donors (Lipinski definition) is 3. The highest BCUT2D eigenvalue weighted by Gasteiger charge is 2.25. The maximum atomic E-state index is 12.4. The van der Waals surface area contributed by atoms with Crippen molar-refractivity contribution in [3.63, 3.8) is 0 Å². The topological polar surface area (TPSA) is 121 Å². The number of hydrogen-bond acceptors (Lipinski definition) is 5. The third-order valence-electron chi connectivity index (χ3n) is 4.13. The fourth-order valence-electron chi connectivity index (χ4n) is 2.75. The zero-order chi connectivity index (χ0) is 18.0. The Bertz CT molecular complexity index is 860. The van der Waals surface area contributed by atoms with E-state index in [1.54, 1.807) is 11.0 Å². The fourth-order valence-corrected chi connectivity index (χ4v) is 3.75. The lowest BCUT2D eigenvalue weighted by Gasteiger charge is -2.16. The van der Waals surface area contributed by atoms with Gasteiger partial charge in [0.15, 0.2) is 0 Å². The molecule has 1 aliphatic heterocycles. The van der Waals surface area contributed by atoms with Gasteiger partial charge in [0.2, 0.25) is 10.0 Å². The second-order valence-electron chi connectivity index (χ2n) is 6.19. The molecule has 0 saturated carbocycles. The van der Waals surface area contributed by atoms with Crippen molar-refractivity contribution < 1.29 is 13.2 Å². The van der Waals surface area contributed by atoms with Gasteiger partial charge in [-0.15, -0.1) is 0 Å². The molecule has 4 N–H and O–H groups in total. The summed E-state index contributed by atoms with van der Waals surface area (Å²) in [5.74, 6) is -0.128. The predicted octanol–water partition coefficient (Wildman–Crippen LogP) is 0.370. The first-order chi connectivity index (χ1) is 11.8. The van der Waals surface area contributed by atoms with Gasteiger partial charge in [0.05, 0.1) is 17.1 Å². The highest BCUT2D eigenvalue weighted by molar-refractivity contribution is 7.89. The number of aryl methyl sites for hydroxylation is 1. The van der Waals surface area contributed by atoms with Crippen molar-refractivity contribution in [1.82, 2.24) is 19.8 Å². The Morgan fingerprint density at radius 2 is 2.12 bits per heavy atom. The van der Waals surface area contributed by atoms with Gasteiger partial charge in [-0.25, -0.2) is 13.1 Å². The smallest absolute Gasteiger partial charge is 0.253 e. The van der Waals surface area contributed by atoms with E-state index in [0.29, 0.717) is 24.3 Å². The van der Waals surface area contributed by atoms with Crippen LogP contribution < -0.4 is 10.5 Å². The number of aromatic nitrogens is 2. The number of carbonyl (C=O) groups excluding carboxylic acids is 1. The van der Waals surface area contributed by atoms with Gasteiger partial charge in [0.1, 0.15) is 0 Å². The molecule has 25 heavy (non-hydrogen) atoms. The predicted molar refractivity (Wildman–Crippen MR) is 92.3 cm³/mol. The van der Waals surface area contributed by atoms with Crippen LogP contribution in [0.15, 0.2) is 35.2 Å².